The molecule has 3 aromatic rings. The zero-order valence-electron chi connectivity index (χ0n) is 16.4. The maximum Gasteiger partial charge on any atom is 0.338 e. The lowest BCUT2D eigenvalue weighted by Crippen LogP contribution is -2.12. The summed E-state index contributed by atoms with van der Waals surface area (Å²) in [6.45, 7) is 2.64. The lowest BCUT2D eigenvalue weighted by molar-refractivity contribution is 0.0595. The molecule has 29 heavy (non-hydrogen) atoms. The molecule has 0 saturated carbocycles. The van der Waals surface area contributed by atoms with Crippen LogP contribution < -0.4 is 14.2 Å². The molecule has 0 spiro atoms. The fraction of sp³-hybridized carbons (Fsp3) is 0.217. The monoisotopic (exact) mass is 393 g/mol. The Kier molecular flexibility index (Phi) is 7.05. The van der Waals surface area contributed by atoms with Crippen molar-refractivity contribution in [2.24, 2.45) is 0 Å². The van der Waals surface area contributed by atoms with E-state index in [-0.39, 0.29) is 12.1 Å². The lowest BCUT2D eigenvalue weighted by Gasteiger charge is -2.18. The average molecular weight is 393 g/mol. The second-order valence-corrected chi connectivity index (χ2v) is 6.18. The number of aromatic nitrogens is 1. The first kappa shape index (κ1) is 20.2. The van der Waals surface area contributed by atoms with Gasteiger partial charge in [-0.05, 0) is 31.2 Å². The Morgan fingerprint density at radius 1 is 0.931 bits per heavy atom. The Morgan fingerprint density at radius 2 is 1.69 bits per heavy atom. The summed E-state index contributed by atoms with van der Waals surface area (Å²) in [6, 6.07) is 20.1. The first-order valence-corrected chi connectivity index (χ1v) is 9.28. The van der Waals surface area contributed by atoms with E-state index in [0.717, 1.165) is 5.56 Å². The smallest absolute Gasteiger partial charge is 0.338 e. The van der Waals surface area contributed by atoms with Gasteiger partial charge >= 0.3 is 5.97 Å². The molecule has 0 aliphatic heterocycles. The van der Waals surface area contributed by atoms with Crippen LogP contribution in [0.3, 0.4) is 0 Å². The van der Waals surface area contributed by atoms with E-state index in [2.05, 4.69) is 4.98 Å². The van der Waals surface area contributed by atoms with E-state index in [9.17, 15) is 4.79 Å². The van der Waals surface area contributed by atoms with Crippen LogP contribution in [0.15, 0.2) is 72.9 Å². The molecule has 6 heteroatoms. The Bertz CT molecular complexity index is 929. The van der Waals surface area contributed by atoms with Crippen LogP contribution in [-0.2, 0) is 4.74 Å². The molecule has 3 rings (SSSR count). The zero-order valence-corrected chi connectivity index (χ0v) is 16.4. The number of carbonyl (C=O) groups excluding carboxylic acids is 1. The molecular formula is C23H23NO5. The predicted octanol–water partition coefficient (Wildman–Crippen LogP) is 4.47. The topological polar surface area (TPSA) is 66.9 Å². The molecule has 0 saturated heterocycles. The molecule has 0 aliphatic rings. The summed E-state index contributed by atoms with van der Waals surface area (Å²) in [5.74, 6) is 1.48. The highest BCUT2D eigenvalue weighted by Gasteiger charge is 2.17. The Hall–Kier alpha value is -3.54. The van der Waals surface area contributed by atoms with Gasteiger partial charge in [-0.1, -0.05) is 30.3 Å². The summed E-state index contributed by atoms with van der Waals surface area (Å²) in [4.78, 5) is 16.1. The van der Waals surface area contributed by atoms with E-state index in [0.29, 0.717) is 36.2 Å². The van der Waals surface area contributed by atoms with Crippen molar-refractivity contribution in [2.75, 3.05) is 20.3 Å². The van der Waals surface area contributed by atoms with Crippen LogP contribution >= 0.6 is 0 Å². The molecule has 0 radical (unpaired) electrons. The highest BCUT2D eigenvalue weighted by Crippen LogP contribution is 2.27. The van der Waals surface area contributed by atoms with E-state index < -0.39 is 0 Å². The van der Waals surface area contributed by atoms with Gasteiger partial charge in [-0.3, -0.25) is 0 Å². The van der Waals surface area contributed by atoms with Crippen molar-refractivity contribution in [3.8, 4) is 17.4 Å². The molecule has 2 aromatic carbocycles. The molecule has 0 N–H and O–H groups in total. The molecule has 0 bridgehead atoms. The standard InChI is InChI=1S/C23H23NO5/c1-17(20-10-3-4-11-21(20)23(25)26-2)29-19-9-7-8-18(16-19)27-14-15-28-22-12-5-6-13-24-22/h3-13,16-17H,14-15H2,1-2H3. The van der Waals surface area contributed by atoms with Crippen LogP contribution in [0.25, 0.3) is 0 Å². The van der Waals surface area contributed by atoms with E-state index in [1.807, 2.05) is 49.4 Å². The fourth-order valence-corrected chi connectivity index (χ4v) is 2.79. The SMILES string of the molecule is COC(=O)c1ccccc1C(C)Oc1cccc(OCCOc2ccccn2)c1. The van der Waals surface area contributed by atoms with Gasteiger partial charge in [0.2, 0.25) is 5.88 Å². The summed E-state index contributed by atoms with van der Waals surface area (Å²) in [7, 11) is 1.36. The summed E-state index contributed by atoms with van der Waals surface area (Å²) >= 11 is 0. The number of benzene rings is 2. The van der Waals surface area contributed by atoms with Crippen molar-refractivity contribution in [3.05, 3.63) is 84.1 Å². The van der Waals surface area contributed by atoms with Crippen LogP contribution in [0, 0.1) is 0 Å². The van der Waals surface area contributed by atoms with Crippen molar-refractivity contribution >= 4 is 5.97 Å². The lowest BCUT2D eigenvalue weighted by atomic mass is 10.0. The van der Waals surface area contributed by atoms with Gasteiger partial charge in [-0.2, -0.15) is 0 Å². The van der Waals surface area contributed by atoms with Gasteiger partial charge in [-0.25, -0.2) is 9.78 Å². The number of methoxy groups -OCH3 is 1. The maximum atomic E-state index is 12.0. The summed E-state index contributed by atoms with van der Waals surface area (Å²) in [5, 5.41) is 0. The number of carbonyl (C=O) groups is 1. The first-order chi connectivity index (χ1) is 14.2. The third-order valence-corrected chi connectivity index (χ3v) is 4.16. The second-order valence-electron chi connectivity index (χ2n) is 6.18. The molecule has 6 nitrogen and oxygen atoms in total. The number of ether oxygens (including phenoxy) is 4. The number of esters is 1. The average Bonchev–Trinajstić information content (AvgIpc) is 2.77. The highest BCUT2D eigenvalue weighted by atomic mass is 16.5. The highest BCUT2D eigenvalue weighted by molar-refractivity contribution is 5.91. The number of rotatable bonds is 9. The Morgan fingerprint density at radius 3 is 2.48 bits per heavy atom. The number of hydrogen-bond donors (Lipinski definition) is 0. The van der Waals surface area contributed by atoms with E-state index in [1.54, 1.807) is 30.5 Å². The van der Waals surface area contributed by atoms with Crippen LogP contribution in [-0.4, -0.2) is 31.3 Å². The normalized spacial score (nSPS) is 11.4. The van der Waals surface area contributed by atoms with E-state index >= 15 is 0 Å². The van der Waals surface area contributed by atoms with E-state index in [1.165, 1.54) is 7.11 Å². The van der Waals surface area contributed by atoms with Crippen LogP contribution in [0.1, 0.15) is 28.9 Å². The molecule has 0 aliphatic carbocycles. The second kappa shape index (κ2) is 10.1. The minimum atomic E-state index is -0.388. The third-order valence-electron chi connectivity index (χ3n) is 4.16. The predicted molar refractivity (Wildman–Crippen MR) is 108 cm³/mol. The summed E-state index contributed by atoms with van der Waals surface area (Å²) < 4.78 is 22.1. The Labute approximate surface area is 170 Å². The minimum Gasteiger partial charge on any atom is -0.490 e. The minimum absolute atomic E-state index is 0.340. The summed E-state index contributed by atoms with van der Waals surface area (Å²) in [5.41, 5.74) is 1.25. The molecule has 1 heterocycles. The van der Waals surface area contributed by atoms with Gasteiger partial charge in [0.15, 0.2) is 0 Å². The van der Waals surface area contributed by atoms with Crippen molar-refractivity contribution in [1.82, 2.24) is 4.98 Å². The molecule has 1 unspecified atom stereocenters. The van der Waals surface area contributed by atoms with Crippen molar-refractivity contribution in [2.45, 2.75) is 13.0 Å². The van der Waals surface area contributed by atoms with Gasteiger partial charge in [0.05, 0.1) is 12.7 Å². The maximum absolute atomic E-state index is 12.0. The summed E-state index contributed by atoms with van der Waals surface area (Å²) in [6.07, 6.45) is 1.34. The van der Waals surface area contributed by atoms with Crippen molar-refractivity contribution < 1.29 is 23.7 Å². The molecule has 0 amide bonds. The van der Waals surface area contributed by atoms with E-state index in [4.69, 9.17) is 18.9 Å². The fourth-order valence-electron chi connectivity index (χ4n) is 2.79. The Balaban J connectivity index is 1.58. The van der Waals surface area contributed by atoms with Crippen LogP contribution in [0.5, 0.6) is 17.4 Å². The molecule has 0 fully saturated rings. The van der Waals surface area contributed by atoms with Crippen molar-refractivity contribution in [3.63, 3.8) is 0 Å². The van der Waals surface area contributed by atoms with Gasteiger partial charge < -0.3 is 18.9 Å². The van der Waals surface area contributed by atoms with Crippen molar-refractivity contribution in [1.29, 1.82) is 0 Å². The third kappa shape index (κ3) is 5.72. The van der Waals surface area contributed by atoms with Crippen LogP contribution in [0.2, 0.25) is 0 Å². The number of nitrogens with zero attached hydrogens (tertiary/aromatic N) is 1. The van der Waals surface area contributed by atoms with Gasteiger partial charge in [-0.15, -0.1) is 0 Å². The number of hydrogen-bond acceptors (Lipinski definition) is 6. The first-order valence-electron chi connectivity index (χ1n) is 9.28. The van der Waals surface area contributed by atoms with Crippen LogP contribution in [0.4, 0.5) is 0 Å². The number of pyridine rings is 1. The largest absolute Gasteiger partial charge is 0.490 e. The molecular weight excluding hydrogens is 370 g/mol. The van der Waals surface area contributed by atoms with Gasteiger partial charge in [0.1, 0.15) is 30.8 Å². The zero-order chi connectivity index (χ0) is 20.5. The quantitative estimate of drug-likeness (QED) is 0.395. The van der Waals surface area contributed by atoms with Gasteiger partial charge in [0.25, 0.3) is 0 Å². The van der Waals surface area contributed by atoms with Gasteiger partial charge in [0, 0.05) is 23.9 Å². The molecule has 1 aromatic heterocycles. The molecule has 150 valence electrons. The molecule has 1 atom stereocenters.